The van der Waals surface area contributed by atoms with Crippen molar-refractivity contribution >= 4 is 33.1 Å². The molecule has 0 unspecified atom stereocenters. The van der Waals surface area contributed by atoms with Crippen molar-refractivity contribution in [3.05, 3.63) is 17.0 Å². The van der Waals surface area contributed by atoms with Crippen LogP contribution in [0.1, 0.15) is 31.6 Å². The standard InChI is InChI=1S/C14H24N2O2S3/c1-11(2)15-10-13-3-4-14(20-13)21(17,18)16-9-12-5-7-19-8-6-12/h3-4,11-12,15-16H,5-10H2,1-2H3. The molecule has 2 rings (SSSR count). The van der Waals surface area contributed by atoms with Gasteiger partial charge in [0.05, 0.1) is 0 Å². The molecule has 1 aliphatic heterocycles. The molecule has 2 N–H and O–H groups in total. The second-order valence-electron chi connectivity index (χ2n) is 5.66. The first-order valence-corrected chi connectivity index (χ1v) is 10.8. The molecule has 0 saturated carbocycles. The van der Waals surface area contributed by atoms with Gasteiger partial charge in [0.2, 0.25) is 10.0 Å². The van der Waals surface area contributed by atoms with E-state index in [2.05, 4.69) is 23.9 Å². The number of hydrogen-bond donors (Lipinski definition) is 2. The molecular formula is C14H24N2O2S3. The summed E-state index contributed by atoms with van der Waals surface area (Å²) in [6, 6.07) is 4.00. The predicted molar refractivity (Wildman–Crippen MR) is 91.5 cm³/mol. The van der Waals surface area contributed by atoms with E-state index in [0.29, 0.717) is 22.7 Å². The fraction of sp³-hybridized carbons (Fsp3) is 0.714. The zero-order valence-electron chi connectivity index (χ0n) is 12.6. The maximum atomic E-state index is 12.3. The van der Waals surface area contributed by atoms with Crippen LogP contribution in [-0.2, 0) is 16.6 Å². The van der Waals surface area contributed by atoms with Crippen molar-refractivity contribution in [3.63, 3.8) is 0 Å². The van der Waals surface area contributed by atoms with Crippen LogP contribution in [0.3, 0.4) is 0 Å². The van der Waals surface area contributed by atoms with Crippen molar-refractivity contribution in [1.82, 2.24) is 10.0 Å². The lowest BCUT2D eigenvalue weighted by atomic mass is 10.0. The van der Waals surface area contributed by atoms with Gasteiger partial charge in [0, 0.05) is 24.0 Å². The third kappa shape index (κ3) is 5.56. The summed E-state index contributed by atoms with van der Waals surface area (Å²) in [4.78, 5) is 1.05. The lowest BCUT2D eigenvalue weighted by Crippen LogP contribution is -2.30. The summed E-state index contributed by atoms with van der Waals surface area (Å²) < 4.78 is 27.8. The lowest BCUT2D eigenvalue weighted by molar-refractivity contribution is 0.477. The Balaban J connectivity index is 1.89. The number of sulfonamides is 1. The number of thioether (sulfide) groups is 1. The number of hydrogen-bond acceptors (Lipinski definition) is 5. The molecule has 1 aromatic rings. The first kappa shape index (κ1) is 17.3. The largest absolute Gasteiger partial charge is 0.310 e. The first-order chi connectivity index (χ1) is 9.97. The Labute approximate surface area is 136 Å². The molecule has 1 fully saturated rings. The van der Waals surface area contributed by atoms with Crippen molar-refractivity contribution in [2.45, 2.75) is 43.5 Å². The van der Waals surface area contributed by atoms with Crippen molar-refractivity contribution in [3.8, 4) is 0 Å². The van der Waals surface area contributed by atoms with Gasteiger partial charge in [0.15, 0.2) is 0 Å². The average molecular weight is 349 g/mol. The molecule has 7 heteroatoms. The van der Waals surface area contributed by atoms with E-state index < -0.39 is 10.0 Å². The van der Waals surface area contributed by atoms with Crippen LogP contribution in [-0.4, -0.2) is 32.5 Å². The first-order valence-electron chi connectivity index (χ1n) is 7.37. The zero-order chi connectivity index (χ0) is 15.3. The summed E-state index contributed by atoms with van der Waals surface area (Å²) in [5.74, 6) is 2.79. The highest BCUT2D eigenvalue weighted by Gasteiger charge is 2.20. The van der Waals surface area contributed by atoms with E-state index in [-0.39, 0.29) is 0 Å². The van der Waals surface area contributed by atoms with Crippen LogP contribution < -0.4 is 10.0 Å². The summed E-state index contributed by atoms with van der Waals surface area (Å²) in [5.41, 5.74) is 0. The molecule has 120 valence electrons. The van der Waals surface area contributed by atoms with Gasteiger partial charge in [-0.05, 0) is 42.4 Å². The van der Waals surface area contributed by atoms with Gasteiger partial charge in [0.25, 0.3) is 0 Å². The minimum atomic E-state index is -3.34. The molecular weight excluding hydrogens is 324 g/mol. The van der Waals surface area contributed by atoms with Crippen LogP contribution in [0.4, 0.5) is 0 Å². The Hall–Kier alpha value is -0.0800. The molecule has 0 radical (unpaired) electrons. The molecule has 21 heavy (non-hydrogen) atoms. The summed E-state index contributed by atoms with van der Waals surface area (Å²) in [6.07, 6.45) is 2.22. The van der Waals surface area contributed by atoms with Gasteiger partial charge in [-0.1, -0.05) is 13.8 Å². The Bertz CT molecular complexity index is 534. The normalized spacial score (nSPS) is 17.5. The molecule has 0 aliphatic carbocycles. The molecule has 2 heterocycles. The van der Waals surface area contributed by atoms with Crippen LogP contribution in [0.25, 0.3) is 0 Å². The smallest absolute Gasteiger partial charge is 0.250 e. The van der Waals surface area contributed by atoms with E-state index >= 15 is 0 Å². The molecule has 4 nitrogen and oxygen atoms in total. The number of thiophene rings is 1. The molecule has 1 saturated heterocycles. The third-order valence-corrected chi connectivity index (χ3v) is 7.54. The Morgan fingerprint density at radius 2 is 2.00 bits per heavy atom. The summed E-state index contributed by atoms with van der Waals surface area (Å²) in [7, 11) is -3.34. The number of nitrogens with one attached hydrogen (secondary N) is 2. The Kier molecular flexibility index (Phi) is 6.55. The van der Waals surface area contributed by atoms with Gasteiger partial charge >= 0.3 is 0 Å². The van der Waals surface area contributed by atoms with E-state index in [4.69, 9.17) is 0 Å². The van der Waals surface area contributed by atoms with Gasteiger partial charge in [-0.2, -0.15) is 11.8 Å². The van der Waals surface area contributed by atoms with Gasteiger partial charge in [0.1, 0.15) is 4.21 Å². The quantitative estimate of drug-likeness (QED) is 0.795. The molecule has 0 amide bonds. The fourth-order valence-corrected chi connectivity index (χ4v) is 5.82. The highest BCUT2D eigenvalue weighted by molar-refractivity contribution is 7.99. The molecule has 0 bridgehead atoms. The molecule has 1 aromatic heterocycles. The topological polar surface area (TPSA) is 58.2 Å². The average Bonchev–Trinajstić information content (AvgIpc) is 2.94. The maximum Gasteiger partial charge on any atom is 0.250 e. The van der Waals surface area contributed by atoms with Gasteiger partial charge in [-0.25, -0.2) is 13.1 Å². The Morgan fingerprint density at radius 3 is 2.67 bits per heavy atom. The predicted octanol–water partition coefficient (Wildman–Crippen LogP) is 2.67. The van der Waals surface area contributed by atoms with E-state index in [9.17, 15) is 8.42 Å². The van der Waals surface area contributed by atoms with E-state index in [1.165, 1.54) is 11.3 Å². The highest BCUT2D eigenvalue weighted by Crippen LogP contribution is 2.24. The second-order valence-corrected chi connectivity index (χ2v) is 10.1. The molecule has 0 atom stereocenters. The van der Waals surface area contributed by atoms with Gasteiger partial charge in [-0.3, -0.25) is 0 Å². The summed E-state index contributed by atoms with van der Waals surface area (Å²) >= 11 is 3.31. The van der Waals surface area contributed by atoms with Crippen LogP contribution in [0, 0.1) is 5.92 Å². The van der Waals surface area contributed by atoms with E-state index in [1.54, 1.807) is 6.07 Å². The van der Waals surface area contributed by atoms with Crippen molar-refractivity contribution in [2.24, 2.45) is 5.92 Å². The van der Waals surface area contributed by atoms with Crippen LogP contribution >= 0.6 is 23.1 Å². The second kappa shape index (κ2) is 7.97. The monoisotopic (exact) mass is 348 g/mol. The van der Waals surface area contributed by atoms with Crippen LogP contribution in [0.5, 0.6) is 0 Å². The fourth-order valence-electron chi connectivity index (χ4n) is 2.15. The SMILES string of the molecule is CC(C)NCc1ccc(S(=O)(=O)NCC2CCSCC2)s1. The minimum absolute atomic E-state index is 0.398. The molecule has 0 aromatic carbocycles. The summed E-state index contributed by atoms with van der Waals surface area (Å²) in [5, 5.41) is 3.30. The van der Waals surface area contributed by atoms with Crippen molar-refractivity contribution < 1.29 is 8.42 Å². The number of rotatable bonds is 7. The van der Waals surface area contributed by atoms with Crippen LogP contribution in [0.2, 0.25) is 0 Å². The van der Waals surface area contributed by atoms with E-state index in [0.717, 1.165) is 35.8 Å². The van der Waals surface area contributed by atoms with Crippen LogP contribution in [0.15, 0.2) is 16.3 Å². The maximum absolute atomic E-state index is 12.3. The third-order valence-electron chi connectivity index (χ3n) is 3.49. The van der Waals surface area contributed by atoms with Gasteiger partial charge in [-0.15, -0.1) is 11.3 Å². The van der Waals surface area contributed by atoms with Crippen molar-refractivity contribution in [2.75, 3.05) is 18.1 Å². The Morgan fingerprint density at radius 1 is 1.29 bits per heavy atom. The van der Waals surface area contributed by atoms with E-state index in [1.807, 2.05) is 17.8 Å². The minimum Gasteiger partial charge on any atom is -0.310 e. The summed E-state index contributed by atoms with van der Waals surface area (Å²) in [6.45, 7) is 5.45. The van der Waals surface area contributed by atoms with Gasteiger partial charge < -0.3 is 5.32 Å². The highest BCUT2D eigenvalue weighted by atomic mass is 32.2. The zero-order valence-corrected chi connectivity index (χ0v) is 15.0. The molecule has 0 spiro atoms. The molecule has 1 aliphatic rings. The lowest BCUT2D eigenvalue weighted by Gasteiger charge is -2.21. The van der Waals surface area contributed by atoms with Crippen molar-refractivity contribution in [1.29, 1.82) is 0 Å².